The van der Waals surface area contributed by atoms with E-state index in [9.17, 15) is 4.79 Å². The number of hydrogen-bond acceptors (Lipinski definition) is 4. The van der Waals surface area contributed by atoms with Gasteiger partial charge in [0, 0.05) is 5.75 Å². The van der Waals surface area contributed by atoms with Crippen molar-refractivity contribution in [2.75, 3.05) is 25.6 Å². The Kier molecular flexibility index (Phi) is 7.48. The molecule has 5 heteroatoms. The van der Waals surface area contributed by atoms with Crippen molar-refractivity contribution in [3.63, 3.8) is 0 Å². The molecule has 1 atom stereocenters. The molecule has 0 aromatic heterocycles. The van der Waals surface area contributed by atoms with Gasteiger partial charge in [-0.3, -0.25) is 4.79 Å². The van der Waals surface area contributed by atoms with Crippen molar-refractivity contribution in [2.45, 2.75) is 11.7 Å². The lowest BCUT2D eigenvalue weighted by Crippen LogP contribution is -2.20. The van der Waals surface area contributed by atoms with Crippen LogP contribution < -0.4 is 0 Å². The van der Waals surface area contributed by atoms with Crippen molar-refractivity contribution in [1.82, 2.24) is 0 Å². The number of aliphatic carboxylic acids is 1. The lowest BCUT2D eigenvalue weighted by molar-refractivity contribution is -0.136. The first-order valence-corrected chi connectivity index (χ1v) is 6.86. The molecule has 0 amide bonds. The molecule has 1 aromatic rings. The maximum atomic E-state index is 11.1. The van der Waals surface area contributed by atoms with Crippen molar-refractivity contribution in [2.24, 2.45) is 0 Å². The SMILES string of the molecule is O=C(O)C(Cc1ccccc1)SCCOCCO. The van der Waals surface area contributed by atoms with Crippen LogP contribution in [0.3, 0.4) is 0 Å². The highest BCUT2D eigenvalue weighted by Gasteiger charge is 2.18. The van der Waals surface area contributed by atoms with Gasteiger partial charge in [-0.2, -0.15) is 0 Å². The van der Waals surface area contributed by atoms with Crippen LogP contribution in [0.1, 0.15) is 5.56 Å². The van der Waals surface area contributed by atoms with Crippen LogP contribution in [0, 0.1) is 0 Å². The second-order valence-electron chi connectivity index (χ2n) is 3.72. The molecular formula is C13H18O4S. The fraction of sp³-hybridized carbons (Fsp3) is 0.462. The average Bonchev–Trinajstić information content (AvgIpc) is 2.38. The van der Waals surface area contributed by atoms with E-state index in [0.717, 1.165) is 5.56 Å². The summed E-state index contributed by atoms with van der Waals surface area (Å²) in [5.41, 5.74) is 1.02. The van der Waals surface area contributed by atoms with E-state index in [2.05, 4.69) is 0 Å². The Bertz CT molecular complexity index is 342. The minimum atomic E-state index is -0.800. The molecule has 0 saturated carbocycles. The number of carboxylic acid groups (broad SMARTS) is 1. The third kappa shape index (κ3) is 6.05. The van der Waals surface area contributed by atoms with Gasteiger partial charge in [-0.1, -0.05) is 30.3 Å². The Hall–Kier alpha value is -1.04. The summed E-state index contributed by atoms with van der Waals surface area (Å²) in [6.07, 6.45) is 0.515. The molecule has 0 radical (unpaired) electrons. The van der Waals surface area contributed by atoms with E-state index in [0.29, 0.717) is 25.4 Å². The van der Waals surface area contributed by atoms with Crippen LogP contribution in [0.5, 0.6) is 0 Å². The summed E-state index contributed by atoms with van der Waals surface area (Å²) < 4.78 is 5.10. The quantitative estimate of drug-likeness (QED) is 0.664. The number of ether oxygens (including phenoxy) is 1. The second-order valence-corrected chi connectivity index (χ2v) is 5.03. The highest BCUT2D eigenvalue weighted by molar-refractivity contribution is 8.00. The molecule has 0 aliphatic rings. The summed E-state index contributed by atoms with van der Waals surface area (Å²) in [4.78, 5) is 11.1. The molecule has 1 rings (SSSR count). The monoisotopic (exact) mass is 270 g/mol. The zero-order chi connectivity index (χ0) is 13.2. The van der Waals surface area contributed by atoms with Crippen LogP contribution in [-0.2, 0) is 16.0 Å². The van der Waals surface area contributed by atoms with E-state index in [1.807, 2.05) is 30.3 Å². The first kappa shape index (κ1) is 15.0. The zero-order valence-corrected chi connectivity index (χ0v) is 10.9. The molecule has 0 aliphatic carbocycles. The topological polar surface area (TPSA) is 66.8 Å². The fourth-order valence-corrected chi connectivity index (χ4v) is 2.41. The lowest BCUT2D eigenvalue weighted by Gasteiger charge is -2.12. The molecule has 1 unspecified atom stereocenters. The van der Waals surface area contributed by atoms with E-state index in [-0.39, 0.29) is 6.61 Å². The fourth-order valence-electron chi connectivity index (χ4n) is 1.46. The molecule has 18 heavy (non-hydrogen) atoms. The average molecular weight is 270 g/mol. The minimum Gasteiger partial charge on any atom is -0.480 e. The van der Waals surface area contributed by atoms with Gasteiger partial charge in [-0.25, -0.2) is 0 Å². The van der Waals surface area contributed by atoms with Crippen molar-refractivity contribution >= 4 is 17.7 Å². The van der Waals surface area contributed by atoms with Gasteiger partial charge in [0.15, 0.2) is 0 Å². The summed E-state index contributed by atoms with van der Waals surface area (Å²) in [6.45, 7) is 0.762. The molecule has 4 nitrogen and oxygen atoms in total. The molecule has 1 aromatic carbocycles. The highest BCUT2D eigenvalue weighted by Crippen LogP contribution is 2.16. The molecule has 0 fully saturated rings. The third-order valence-electron chi connectivity index (χ3n) is 2.32. The maximum Gasteiger partial charge on any atom is 0.316 e. The number of thioether (sulfide) groups is 1. The van der Waals surface area contributed by atoms with Gasteiger partial charge in [-0.15, -0.1) is 11.8 Å². The smallest absolute Gasteiger partial charge is 0.316 e. The zero-order valence-electron chi connectivity index (χ0n) is 10.1. The van der Waals surface area contributed by atoms with Gasteiger partial charge in [0.2, 0.25) is 0 Å². The number of rotatable bonds is 9. The van der Waals surface area contributed by atoms with Crippen LogP contribution in [0.15, 0.2) is 30.3 Å². The van der Waals surface area contributed by atoms with Crippen molar-refractivity contribution in [3.8, 4) is 0 Å². The van der Waals surface area contributed by atoms with E-state index in [1.165, 1.54) is 11.8 Å². The van der Waals surface area contributed by atoms with Crippen LogP contribution in [0.4, 0.5) is 0 Å². The molecule has 100 valence electrons. The first-order valence-electron chi connectivity index (χ1n) is 5.81. The van der Waals surface area contributed by atoms with E-state index >= 15 is 0 Å². The van der Waals surface area contributed by atoms with Gasteiger partial charge in [0.05, 0.1) is 19.8 Å². The molecule has 0 saturated heterocycles. The third-order valence-corrected chi connectivity index (χ3v) is 3.49. The highest BCUT2D eigenvalue weighted by atomic mass is 32.2. The van der Waals surface area contributed by atoms with E-state index in [1.54, 1.807) is 0 Å². The van der Waals surface area contributed by atoms with Crippen LogP contribution >= 0.6 is 11.8 Å². The van der Waals surface area contributed by atoms with Gasteiger partial charge in [0.25, 0.3) is 0 Å². The Labute approximate surface area is 111 Å². The summed E-state index contributed by atoms with van der Waals surface area (Å²) in [5.74, 6) is -0.185. The minimum absolute atomic E-state index is 0.00294. The second kappa shape index (κ2) is 8.97. The van der Waals surface area contributed by atoms with E-state index < -0.39 is 11.2 Å². The molecule has 0 aliphatic heterocycles. The van der Waals surface area contributed by atoms with Gasteiger partial charge in [-0.05, 0) is 12.0 Å². The Morgan fingerprint density at radius 2 is 2.00 bits per heavy atom. The van der Waals surface area contributed by atoms with Gasteiger partial charge < -0.3 is 14.9 Å². The van der Waals surface area contributed by atoms with Gasteiger partial charge in [0.1, 0.15) is 5.25 Å². The molecule has 0 heterocycles. The molecule has 0 spiro atoms. The molecule has 2 N–H and O–H groups in total. The van der Waals surface area contributed by atoms with Crippen LogP contribution in [-0.4, -0.2) is 47.0 Å². The van der Waals surface area contributed by atoms with Crippen LogP contribution in [0.25, 0.3) is 0 Å². The van der Waals surface area contributed by atoms with E-state index in [4.69, 9.17) is 14.9 Å². The summed E-state index contributed by atoms with van der Waals surface area (Å²) in [5, 5.41) is 17.2. The summed E-state index contributed by atoms with van der Waals surface area (Å²) >= 11 is 1.37. The predicted molar refractivity (Wildman–Crippen MR) is 71.9 cm³/mol. The Balaban J connectivity index is 2.34. The normalized spacial score (nSPS) is 12.3. The van der Waals surface area contributed by atoms with Crippen LogP contribution in [0.2, 0.25) is 0 Å². The number of benzene rings is 1. The molecular weight excluding hydrogens is 252 g/mol. The molecule has 0 bridgehead atoms. The lowest BCUT2D eigenvalue weighted by atomic mass is 10.1. The number of carbonyl (C=O) groups is 1. The summed E-state index contributed by atoms with van der Waals surface area (Å²) in [6, 6.07) is 9.58. The first-order chi connectivity index (χ1) is 8.74. The number of aliphatic hydroxyl groups excluding tert-OH is 1. The standard InChI is InChI=1S/C13H18O4S/c14-6-7-17-8-9-18-12(13(15)16)10-11-4-2-1-3-5-11/h1-5,12,14H,6-10H2,(H,15,16). The van der Waals surface area contributed by atoms with Crippen molar-refractivity contribution < 1.29 is 19.7 Å². The van der Waals surface area contributed by atoms with Crippen molar-refractivity contribution in [3.05, 3.63) is 35.9 Å². The number of carboxylic acids is 1. The summed E-state index contributed by atoms with van der Waals surface area (Å²) in [7, 11) is 0. The Morgan fingerprint density at radius 1 is 1.28 bits per heavy atom. The number of hydrogen-bond donors (Lipinski definition) is 2. The largest absolute Gasteiger partial charge is 0.480 e. The predicted octanol–water partition coefficient (Wildman–Crippen LogP) is 1.42. The maximum absolute atomic E-state index is 11.1. The van der Waals surface area contributed by atoms with Crippen molar-refractivity contribution in [1.29, 1.82) is 0 Å². The van der Waals surface area contributed by atoms with Gasteiger partial charge >= 0.3 is 5.97 Å². The number of aliphatic hydroxyl groups is 1. The Morgan fingerprint density at radius 3 is 2.61 bits per heavy atom.